The van der Waals surface area contributed by atoms with Crippen LogP contribution in [0.1, 0.15) is 36.7 Å². The van der Waals surface area contributed by atoms with Crippen LogP contribution in [0.25, 0.3) is 0 Å². The Kier molecular flexibility index (Phi) is 10.0. The molecule has 0 heterocycles. The van der Waals surface area contributed by atoms with Gasteiger partial charge in [0.15, 0.2) is 11.5 Å². The quantitative estimate of drug-likeness (QED) is 0.246. The van der Waals surface area contributed by atoms with E-state index < -0.39 is 17.9 Å². The van der Waals surface area contributed by atoms with Crippen molar-refractivity contribution in [3.05, 3.63) is 55.1 Å². The average molecular weight is 592 g/mol. The summed E-state index contributed by atoms with van der Waals surface area (Å²) in [5.41, 5.74) is 3.43. The highest BCUT2D eigenvalue weighted by Gasteiger charge is 2.25. The molecule has 2 aromatic carbocycles. The van der Waals surface area contributed by atoms with Gasteiger partial charge >= 0.3 is 0 Å². The molecular formula is C22H24Cl2IN3O4. The fraction of sp³-hybridized carbons (Fsp3) is 0.318. The number of amides is 2. The Morgan fingerprint density at radius 2 is 1.94 bits per heavy atom. The van der Waals surface area contributed by atoms with Crippen molar-refractivity contribution in [3.63, 3.8) is 0 Å². The molecule has 0 saturated heterocycles. The van der Waals surface area contributed by atoms with Crippen LogP contribution < -0.4 is 20.2 Å². The lowest BCUT2D eigenvalue weighted by molar-refractivity contribution is -0.123. The third kappa shape index (κ3) is 6.98. The lowest BCUT2D eigenvalue weighted by Crippen LogP contribution is -2.48. The first kappa shape index (κ1) is 26.2. The van der Waals surface area contributed by atoms with Gasteiger partial charge in [-0.15, -0.1) is 0 Å². The standard InChI is InChI=1S/C22H24Cl2IN3O4/c1-5-32-18-9-13(8-17(25)20(18)31-4)11-26-28-22(30)19(12(2)3)27-21(29)15-7-6-14(23)10-16(15)24/h6-12,19H,5H2,1-4H3,(H,27,29)(H,28,30). The number of methoxy groups -OCH3 is 1. The number of hydrogen-bond acceptors (Lipinski definition) is 5. The third-order valence-electron chi connectivity index (χ3n) is 4.34. The first-order valence-corrected chi connectivity index (χ1v) is 11.6. The summed E-state index contributed by atoms with van der Waals surface area (Å²) < 4.78 is 11.8. The number of nitrogens with zero attached hydrogens (tertiary/aromatic N) is 1. The van der Waals surface area contributed by atoms with E-state index in [4.69, 9.17) is 32.7 Å². The normalized spacial score (nSPS) is 12.0. The Balaban J connectivity index is 2.11. The Morgan fingerprint density at radius 1 is 1.22 bits per heavy atom. The number of benzene rings is 2. The molecule has 2 N–H and O–H groups in total. The van der Waals surface area contributed by atoms with E-state index in [1.165, 1.54) is 18.3 Å². The molecule has 0 spiro atoms. The van der Waals surface area contributed by atoms with E-state index in [-0.39, 0.29) is 16.5 Å². The van der Waals surface area contributed by atoms with E-state index in [1.54, 1.807) is 19.2 Å². The molecule has 2 rings (SSSR count). The van der Waals surface area contributed by atoms with Crippen LogP contribution in [0.4, 0.5) is 0 Å². The number of halogens is 3. The van der Waals surface area contributed by atoms with Crippen LogP contribution in [0.2, 0.25) is 10.0 Å². The SMILES string of the molecule is CCOc1cc(C=NNC(=O)C(NC(=O)c2ccc(Cl)cc2Cl)C(C)C)cc(I)c1OC. The van der Waals surface area contributed by atoms with Crippen molar-refractivity contribution in [1.82, 2.24) is 10.7 Å². The minimum Gasteiger partial charge on any atom is -0.492 e. The summed E-state index contributed by atoms with van der Waals surface area (Å²) in [5, 5.41) is 7.35. The van der Waals surface area contributed by atoms with Crippen molar-refractivity contribution in [2.24, 2.45) is 11.0 Å². The molecule has 0 aliphatic carbocycles. The first-order chi connectivity index (χ1) is 15.2. The van der Waals surface area contributed by atoms with Gasteiger partial charge in [-0.25, -0.2) is 5.43 Å². The maximum Gasteiger partial charge on any atom is 0.262 e. The molecule has 0 aliphatic heterocycles. The molecule has 0 bridgehead atoms. The van der Waals surface area contributed by atoms with Crippen LogP contribution in [-0.4, -0.2) is 37.8 Å². The number of ether oxygens (including phenoxy) is 2. The number of hydrazone groups is 1. The van der Waals surface area contributed by atoms with Crippen LogP contribution >= 0.6 is 45.8 Å². The maximum atomic E-state index is 12.7. The van der Waals surface area contributed by atoms with E-state index in [9.17, 15) is 9.59 Å². The minimum absolute atomic E-state index is 0.188. The lowest BCUT2D eigenvalue weighted by Gasteiger charge is -2.20. The Morgan fingerprint density at radius 3 is 2.53 bits per heavy atom. The summed E-state index contributed by atoms with van der Waals surface area (Å²) in [6.07, 6.45) is 1.50. The summed E-state index contributed by atoms with van der Waals surface area (Å²) in [5.74, 6) is 0.101. The van der Waals surface area contributed by atoms with Gasteiger partial charge in [0, 0.05) is 5.02 Å². The molecule has 7 nitrogen and oxygen atoms in total. The second-order valence-corrected chi connectivity index (χ2v) is 9.03. The molecule has 0 saturated carbocycles. The highest BCUT2D eigenvalue weighted by atomic mass is 127. The maximum absolute atomic E-state index is 12.7. The van der Waals surface area contributed by atoms with Gasteiger partial charge < -0.3 is 14.8 Å². The van der Waals surface area contributed by atoms with E-state index in [0.29, 0.717) is 23.1 Å². The number of hydrogen-bond donors (Lipinski definition) is 2. The monoisotopic (exact) mass is 591 g/mol. The Bertz CT molecular complexity index is 1010. The minimum atomic E-state index is -0.818. The molecule has 1 unspecified atom stereocenters. The van der Waals surface area contributed by atoms with Crippen LogP contribution in [0, 0.1) is 9.49 Å². The molecule has 2 aromatic rings. The molecule has 0 fully saturated rings. The van der Waals surface area contributed by atoms with Gasteiger partial charge in [0.05, 0.1) is 34.1 Å². The van der Waals surface area contributed by atoms with E-state index in [0.717, 1.165) is 9.13 Å². The number of carbonyl (C=O) groups is 2. The van der Waals surface area contributed by atoms with Crippen molar-refractivity contribution in [3.8, 4) is 11.5 Å². The molecule has 0 radical (unpaired) electrons. The Hall–Kier alpha value is -2.04. The molecule has 10 heteroatoms. The van der Waals surface area contributed by atoms with Gasteiger partial charge in [0.25, 0.3) is 11.8 Å². The number of rotatable bonds is 9. The predicted octanol–water partition coefficient (Wildman–Crippen LogP) is 4.91. The van der Waals surface area contributed by atoms with E-state index >= 15 is 0 Å². The van der Waals surface area contributed by atoms with Gasteiger partial charge in [-0.05, 0) is 71.3 Å². The van der Waals surface area contributed by atoms with Gasteiger partial charge in [0.1, 0.15) is 6.04 Å². The van der Waals surface area contributed by atoms with Crippen molar-refractivity contribution < 1.29 is 19.1 Å². The zero-order chi connectivity index (χ0) is 23.8. The number of carbonyl (C=O) groups excluding carboxylic acids is 2. The van der Waals surface area contributed by atoms with Crippen molar-refractivity contribution in [2.75, 3.05) is 13.7 Å². The summed E-state index contributed by atoms with van der Waals surface area (Å²) in [6, 6.07) is 7.34. The smallest absolute Gasteiger partial charge is 0.262 e. The zero-order valence-electron chi connectivity index (χ0n) is 18.0. The first-order valence-electron chi connectivity index (χ1n) is 9.77. The van der Waals surface area contributed by atoms with E-state index in [1.807, 2.05) is 26.8 Å². The molecule has 172 valence electrons. The Labute approximate surface area is 211 Å². The molecule has 1 atom stereocenters. The predicted molar refractivity (Wildman–Crippen MR) is 135 cm³/mol. The second-order valence-electron chi connectivity index (χ2n) is 7.02. The van der Waals surface area contributed by atoms with Gasteiger partial charge in [-0.1, -0.05) is 37.0 Å². The van der Waals surface area contributed by atoms with Crippen LogP contribution in [0.3, 0.4) is 0 Å². The lowest BCUT2D eigenvalue weighted by atomic mass is 10.0. The van der Waals surface area contributed by atoms with Crippen LogP contribution in [0.15, 0.2) is 35.4 Å². The highest BCUT2D eigenvalue weighted by molar-refractivity contribution is 14.1. The molecular weight excluding hydrogens is 568 g/mol. The van der Waals surface area contributed by atoms with Crippen molar-refractivity contribution >= 4 is 63.8 Å². The molecule has 0 aromatic heterocycles. The molecule has 32 heavy (non-hydrogen) atoms. The van der Waals surface area contributed by atoms with E-state index in [2.05, 4.69) is 38.4 Å². The largest absolute Gasteiger partial charge is 0.492 e. The number of nitrogens with one attached hydrogen (secondary N) is 2. The van der Waals surface area contributed by atoms with Crippen molar-refractivity contribution in [2.45, 2.75) is 26.8 Å². The fourth-order valence-electron chi connectivity index (χ4n) is 2.79. The molecule has 2 amide bonds. The zero-order valence-corrected chi connectivity index (χ0v) is 21.7. The summed E-state index contributed by atoms with van der Waals surface area (Å²) in [4.78, 5) is 25.3. The van der Waals surface area contributed by atoms with Crippen LogP contribution in [-0.2, 0) is 4.79 Å². The van der Waals surface area contributed by atoms with Crippen LogP contribution in [0.5, 0.6) is 11.5 Å². The third-order valence-corrected chi connectivity index (χ3v) is 5.68. The fourth-order valence-corrected chi connectivity index (χ4v) is 4.13. The topological polar surface area (TPSA) is 89.0 Å². The second kappa shape index (κ2) is 12.3. The highest BCUT2D eigenvalue weighted by Crippen LogP contribution is 2.33. The summed E-state index contributed by atoms with van der Waals surface area (Å²) in [6.45, 7) is 6.00. The summed E-state index contributed by atoms with van der Waals surface area (Å²) >= 11 is 14.1. The summed E-state index contributed by atoms with van der Waals surface area (Å²) in [7, 11) is 1.57. The van der Waals surface area contributed by atoms with Gasteiger partial charge in [-0.2, -0.15) is 5.10 Å². The molecule has 0 aliphatic rings. The van der Waals surface area contributed by atoms with Crippen molar-refractivity contribution in [1.29, 1.82) is 0 Å². The van der Waals surface area contributed by atoms with Gasteiger partial charge in [-0.3, -0.25) is 9.59 Å². The average Bonchev–Trinajstić information content (AvgIpc) is 2.71. The van der Waals surface area contributed by atoms with Gasteiger partial charge in [0.2, 0.25) is 0 Å².